The van der Waals surface area contributed by atoms with Gasteiger partial charge in [0.1, 0.15) is 5.75 Å². The number of pyridine rings is 1. The van der Waals surface area contributed by atoms with E-state index in [0.717, 1.165) is 11.3 Å². The molecule has 0 aliphatic carbocycles. The number of rotatable bonds is 8. The third-order valence-electron chi connectivity index (χ3n) is 5.25. The number of carbonyl (C=O) groups excluding carboxylic acids is 1. The van der Waals surface area contributed by atoms with Crippen LogP contribution in [0.2, 0.25) is 10.0 Å². The van der Waals surface area contributed by atoms with E-state index in [0.29, 0.717) is 45.9 Å². The summed E-state index contributed by atoms with van der Waals surface area (Å²) in [7, 11) is 1.74. The number of likely N-dealkylation sites (N-methyl/N-ethyl adjacent to an activating group) is 1. The molecule has 4 rings (SSSR count). The minimum absolute atomic E-state index is 0.0906. The van der Waals surface area contributed by atoms with Crippen LogP contribution < -0.4 is 9.64 Å². The van der Waals surface area contributed by atoms with Crippen LogP contribution in [0.25, 0.3) is 16.9 Å². The third kappa shape index (κ3) is 5.13. The van der Waals surface area contributed by atoms with Crippen molar-refractivity contribution in [3.63, 3.8) is 0 Å². The maximum atomic E-state index is 13.2. The SMILES string of the molecule is CN(C(=O)Cc1c(-c2ccc(OCCCF)cc2)nc2c(Cl)cc(Cl)cn12)c1ccccc1. The van der Waals surface area contributed by atoms with Gasteiger partial charge in [0.05, 0.1) is 41.1 Å². The summed E-state index contributed by atoms with van der Waals surface area (Å²) < 4.78 is 19.6. The number of nitrogens with zero attached hydrogens (tertiary/aromatic N) is 3. The van der Waals surface area contributed by atoms with E-state index in [2.05, 4.69) is 0 Å². The predicted octanol–water partition coefficient (Wildman–Crippen LogP) is 6.25. The van der Waals surface area contributed by atoms with Crippen molar-refractivity contribution in [2.75, 3.05) is 25.2 Å². The molecule has 2 aromatic heterocycles. The third-order valence-corrected chi connectivity index (χ3v) is 5.74. The zero-order chi connectivity index (χ0) is 23.4. The number of amides is 1. The smallest absolute Gasteiger partial charge is 0.232 e. The second-order valence-electron chi connectivity index (χ2n) is 7.49. The lowest BCUT2D eigenvalue weighted by Crippen LogP contribution is -2.28. The fourth-order valence-electron chi connectivity index (χ4n) is 3.53. The number of alkyl halides is 1. The maximum absolute atomic E-state index is 13.2. The van der Waals surface area contributed by atoms with Gasteiger partial charge >= 0.3 is 0 Å². The van der Waals surface area contributed by atoms with E-state index >= 15 is 0 Å². The highest BCUT2D eigenvalue weighted by molar-refractivity contribution is 6.36. The second-order valence-corrected chi connectivity index (χ2v) is 8.33. The number of carbonyl (C=O) groups is 1. The van der Waals surface area contributed by atoms with E-state index in [1.807, 2.05) is 42.5 Å². The number of hydrogen-bond donors (Lipinski definition) is 0. The Morgan fingerprint density at radius 2 is 1.85 bits per heavy atom. The minimum atomic E-state index is -0.419. The van der Waals surface area contributed by atoms with Crippen molar-refractivity contribution in [1.82, 2.24) is 9.38 Å². The first-order chi connectivity index (χ1) is 16.0. The molecule has 1 amide bonds. The summed E-state index contributed by atoms with van der Waals surface area (Å²) in [5.74, 6) is 0.532. The highest BCUT2D eigenvalue weighted by atomic mass is 35.5. The Morgan fingerprint density at radius 1 is 1.12 bits per heavy atom. The highest BCUT2D eigenvalue weighted by Crippen LogP contribution is 2.31. The fraction of sp³-hybridized carbons (Fsp3) is 0.200. The predicted molar refractivity (Wildman–Crippen MR) is 130 cm³/mol. The highest BCUT2D eigenvalue weighted by Gasteiger charge is 2.21. The monoisotopic (exact) mass is 485 g/mol. The van der Waals surface area contributed by atoms with Gasteiger partial charge in [0, 0.05) is 30.9 Å². The standard InChI is InChI=1S/C25H22Cl2FN3O2/c1-30(19-6-3-2-4-7-19)23(32)15-22-24(29-25-21(27)14-18(26)16-31(22)25)17-8-10-20(11-9-17)33-13-5-12-28/h2-4,6-11,14,16H,5,12-13,15H2,1H3. The first-order valence-corrected chi connectivity index (χ1v) is 11.2. The molecule has 0 N–H and O–H groups in total. The Kier molecular flexibility index (Phi) is 7.16. The summed E-state index contributed by atoms with van der Waals surface area (Å²) in [6.45, 7) is -0.110. The molecular weight excluding hydrogens is 464 g/mol. The summed E-state index contributed by atoms with van der Waals surface area (Å²) in [6.07, 6.45) is 2.14. The molecule has 0 aliphatic rings. The summed E-state index contributed by atoms with van der Waals surface area (Å²) in [6, 6.07) is 18.4. The molecule has 0 atom stereocenters. The minimum Gasteiger partial charge on any atom is -0.493 e. The topological polar surface area (TPSA) is 46.8 Å². The van der Waals surface area contributed by atoms with Gasteiger partial charge in [-0.15, -0.1) is 0 Å². The summed E-state index contributed by atoms with van der Waals surface area (Å²) in [5, 5.41) is 0.836. The second kappa shape index (κ2) is 10.2. The van der Waals surface area contributed by atoms with Gasteiger partial charge in [-0.1, -0.05) is 41.4 Å². The van der Waals surface area contributed by atoms with Crippen LogP contribution >= 0.6 is 23.2 Å². The van der Waals surface area contributed by atoms with Crippen LogP contribution in [0.4, 0.5) is 10.1 Å². The number of hydrogen-bond acceptors (Lipinski definition) is 3. The lowest BCUT2D eigenvalue weighted by molar-refractivity contribution is -0.117. The Hall–Kier alpha value is -3.09. The van der Waals surface area contributed by atoms with Crippen molar-refractivity contribution in [2.24, 2.45) is 0 Å². The Labute approximate surface area is 201 Å². The van der Waals surface area contributed by atoms with Crippen molar-refractivity contribution in [3.05, 3.63) is 82.6 Å². The summed E-state index contributed by atoms with van der Waals surface area (Å²) in [4.78, 5) is 19.5. The van der Waals surface area contributed by atoms with Gasteiger partial charge < -0.3 is 14.0 Å². The van der Waals surface area contributed by atoms with Gasteiger partial charge in [-0.2, -0.15) is 0 Å². The molecule has 0 unspecified atom stereocenters. The Balaban J connectivity index is 1.71. The van der Waals surface area contributed by atoms with E-state index in [4.69, 9.17) is 32.9 Å². The zero-order valence-corrected chi connectivity index (χ0v) is 19.5. The van der Waals surface area contributed by atoms with Gasteiger partial charge in [-0.3, -0.25) is 9.18 Å². The number of benzene rings is 2. The van der Waals surface area contributed by atoms with Crippen LogP contribution in [0.15, 0.2) is 66.9 Å². The molecule has 0 fully saturated rings. The maximum Gasteiger partial charge on any atom is 0.232 e. The molecule has 2 aromatic carbocycles. The number of para-hydroxylation sites is 1. The number of ether oxygens (including phenoxy) is 1. The lowest BCUT2D eigenvalue weighted by atomic mass is 10.1. The molecule has 0 radical (unpaired) electrons. The van der Waals surface area contributed by atoms with Crippen molar-refractivity contribution >= 4 is 40.4 Å². The summed E-state index contributed by atoms with van der Waals surface area (Å²) >= 11 is 12.7. The molecule has 0 saturated heterocycles. The van der Waals surface area contributed by atoms with Crippen molar-refractivity contribution < 1.29 is 13.9 Å². The number of imidazole rings is 1. The molecule has 33 heavy (non-hydrogen) atoms. The average molecular weight is 486 g/mol. The average Bonchev–Trinajstić information content (AvgIpc) is 3.18. The van der Waals surface area contributed by atoms with E-state index in [1.54, 1.807) is 40.7 Å². The van der Waals surface area contributed by atoms with Gasteiger partial charge in [0.25, 0.3) is 0 Å². The molecule has 0 saturated carbocycles. The van der Waals surface area contributed by atoms with Gasteiger partial charge in [0.15, 0.2) is 5.65 Å². The molecule has 2 heterocycles. The van der Waals surface area contributed by atoms with Crippen LogP contribution in [0.5, 0.6) is 5.75 Å². The molecule has 0 bridgehead atoms. The number of fused-ring (bicyclic) bond motifs is 1. The first kappa shape index (κ1) is 23.1. The molecule has 8 heteroatoms. The fourth-order valence-corrected chi connectivity index (χ4v) is 4.04. The normalized spacial score (nSPS) is 11.0. The molecular formula is C25H22Cl2FN3O2. The number of aromatic nitrogens is 2. The largest absolute Gasteiger partial charge is 0.493 e. The van der Waals surface area contributed by atoms with Gasteiger partial charge in [0.2, 0.25) is 5.91 Å². The number of halogens is 3. The zero-order valence-electron chi connectivity index (χ0n) is 18.0. The van der Waals surface area contributed by atoms with E-state index in [1.165, 1.54) is 0 Å². The van der Waals surface area contributed by atoms with Crippen LogP contribution in [-0.4, -0.2) is 35.6 Å². The molecule has 0 spiro atoms. The van der Waals surface area contributed by atoms with Gasteiger partial charge in [-0.25, -0.2) is 4.98 Å². The first-order valence-electron chi connectivity index (χ1n) is 10.4. The van der Waals surface area contributed by atoms with Crippen molar-refractivity contribution in [2.45, 2.75) is 12.8 Å². The van der Waals surface area contributed by atoms with Crippen molar-refractivity contribution in [3.8, 4) is 17.0 Å². The number of anilines is 1. The summed E-state index contributed by atoms with van der Waals surface area (Å²) in [5.41, 5.74) is 3.42. The van der Waals surface area contributed by atoms with Crippen LogP contribution in [0.3, 0.4) is 0 Å². The Bertz CT molecular complexity index is 1260. The molecule has 5 nitrogen and oxygen atoms in total. The van der Waals surface area contributed by atoms with E-state index in [-0.39, 0.29) is 12.3 Å². The van der Waals surface area contributed by atoms with Crippen LogP contribution in [0, 0.1) is 0 Å². The lowest BCUT2D eigenvalue weighted by Gasteiger charge is -2.17. The van der Waals surface area contributed by atoms with Gasteiger partial charge in [-0.05, 0) is 42.5 Å². The molecule has 170 valence electrons. The van der Waals surface area contributed by atoms with Crippen molar-refractivity contribution in [1.29, 1.82) is 0 Å². The Morgan fingerprint density at radius 3 is 2.55 bits per heavy atom. The van der Waals surface area contributed by atoms with E-state index in [9.17, 15) is 9.18 Å². The quantitative estimate of drug-likeness (QED) is 0.277. The van der Waals surface area contributed by atoms with Crippen LogP contribution in [-0.2, 0) is 11.2 Å². The van der Waals surface area contributed by atoms with E-state index < -0.39 is 6.67 Å². The van der Waals surface area contributed by atoms with Crippen LogP contribution in [0.1, 0.15) is 12.1 Å². The molecule has 0 aliphatic heterocycles. The molecule has 4 aromatic rings.